The predicted molar refractivity (Wildman–Crippen MR) is 92.3 cm³/mol. The highest BCUT2D eigenvalue weighted by Gasteiger charge is 2.20. The van der Waals surface area contributed by atoms with Gasteiger partial charge in [-0.15, -0.1) is 0 Å². The number of hydrogen-bond donors (Lipinski definition) is 2. The molecule has 0 radical (unpaired) electrons. The fourth-order valence-electron chi connectivity index (χ4n) is 2.41. The van der Waals surface area contributed by atoms with E-state index < -0.39 is 11.9 Å². The van der Waals surface area contributed by atoms with E-state index in [0.29, 0.717) is 5.76 Å². The lowest BCUT2D eigenvalue weighted by Gasteiger charge is -2.07. The number of aromatic nitrogens is 2. The van der Waals surface area contributed by atoms with Crippen LogP contribution in [-0.4, -0.2) is 26.8 Å². The zero-order valence-corrected chi connectivity index (χ0v) is 14.2. The maximum Gasteiger partial charge on any atom is 0.356 e. The van der Waals surface area contributed by atoms with Gasteiger partial charge >= 0.3 is 5.97 Å². The molecule has 8 nitrogen and oxygen atoms in total. The average Bonchev–Trinajstić information content (AvgIpc) is 3.21. The number of aryl methyl sites for hydroxylation is 2. The zero-order chi connectivity index (χ0) is 18.7. The molecule has 0 aliphatic carbocycles. The van der Waals surface area contributed by atoms with E-state index in [1.807, 2.05) is 31.2 Å². The molecule has 0 spiro atoms. The molecule has 0 saturated carbocycles. The molecule has 8 heteroatoms. The summed E-state index contributed by atoms with van der Waals surface area (Å²) in [4.78, 5) is 23.5. The van der Waals surface area contributed by atoms with Crippen molar-refractivity contribution in [2.75, 3.05) is 5.32 Å². The van der Waals surface area contributed by atoms with Gasteiger partial charge in [-0.05, 0) is 30.7 Å². The van der Waals surface area contributed by atoms with Gasteiger partial charge in [0, 0.05) is 7.05 Å². The molecular weight excluding hydrogens is 338 g/mol. The fourth-order valence-corrected chi connectivity index (χ4v) is 2.41. The van der Waals surface area contributed by atoms with Gasteiger partial charge in [-0.3, -0.25) is 9.48 Å². The Morgan fingerprint density at radius 1 is 1.27 bits per heavy atom. The SMILES string of the molecule is Cc1ccccc1OCc1ccc(C(=O)Nc2cnn(C)c2C(=O)O)o1. The number of amides is 1. The second kappa shape index (κ2) is 7.14. The first-order chi connectivity index (χ1) is 12.5. The van der Waals surface area contributed by atoms with E-state index in [1.54, 1.807) is 6.07 Å². The number of carbonyl (C=O) groups excluding carboxylic acids is 1. The number of hydrogen-bond acceptors (Lipinski definition) is 5. The van der Waals surface area contributed by atoms with E-state index in [4.69, 9.17) is 9.15 Å². The molecule has 134 valence electrons. The molecule has 0 aliphatic heterocycles. The summed E-state index contributed by atoms with van der Waals surface area (Å²) in [5.74, 6) is -0.498. The first kappa shape index (κ1) is 17.3. The van der Waals surface area contributed by atoms with Crippen LogP contribution in [0.25, 0.3) is 0 Å². The number of nitrogens with zero attached hydrogens (tertiary/aromatic N) is 2. The van der Waals surface area contributed by atoms with Crippen LogP contribution in [0.1, 0.15) is 32.4 Å². The summed E-state index contributed by atoms with van der Waals surface area (Å²) in [6, 6.07) is 10.7. The lowest BCUT2D eigenvalue weighted by atomic mass is 10.2. The van der Waals surface area contributed by atoms with E-state index >= 15 is 0 Å². The number of rotatable bonds is 6. The van der Waals surface area contributed by atoms with Gasteiger partial charge in [0.05, 0.1) is 11.9 Å². The third kappa shape index (κ3) is 3.59. The van der Waals surface area contributed by atoms with Crippen LogP contribution in [0.3, 0.4) is 0 Å². The highest BCUT2D eigenvalue weighted by atomic mass is 16.5. The maximum atomic E-state index is 12.3. The Labute approximate surface area is 149 Å². The number of aromatic carboxylic acids is 1. The van der Waals surface area contributed by atoms with Gasteiger partial charge in [-0.1, -0.05) is 18.2 Å². The highest BCUT2D eigenvalue weighted by molar-refractivity contribution is 6.05. The normalized spacial score (nSPS) is 10.5. The Kier molecular flexibility index (Phi) is 4.74. The number of ether oxygens (including phenoxy) is 1. The van der Waals surface area contributed by atoms with Crippen molar-refractivity contribution in [3.63, 3.8) is 0 Å². The molecule has 2 heterocycles. The molecule has 0 fully saturated rings. The molecular formula is C18H17N3O5. The van der Waals surface area contributed by atoms with Gasteiger partial charge in [0.1, 0.15) is 18.1 Å². The number of benzene rings is 1. The predicted octanol–water partition coefficient (Wildman–Crippen LogP) is 2.85. The molecule has 1 aromatic carbocycles. The number of nitrogens with one attached hydrogen (secondary N) is 1. The van der Waals surface area contributed by atoms with Gasteiger partial charge in [0.2, 0.25) is 0 Å². The minimum Gasteiger partial charge on any atom is -0.485 e. The van der Waals surface area contributed by atoms with Gasteiger partial charge in [0.15, 0.2) is 11.5 Å². The molecule has 0 unspecified atom stereocenters. The van der Waals surface area contributed by atoms with Gasteiger partial charge < -0.3 is 19.6 Å². The summed E-state index contributed by atoms with van der Waals surface area (Å²) < 4.78 is 12.3. The van der Waals surface area contributed by atoms with Gasteiger partial charge in [0.25, 0.3) is 5.91 Å². The molecule has 0 atom stereocenters. The number of carboxylic acid groups (broad SMARTS) is 1. The van der Waals surface area contributed by atoms with Crippen LogP contribution in [0.15, 0.2) is 47.0 Å². The van der Waals surface area contributed by atoms with Crippen LogP contribution in [0.2, 0.25) is 0 Å². The zero-order valence-electron chi connectivity index (χ0n) is 14.2. The minimum atomic E-state index is -1.19. The summed E-state index contributed by atoms with van der Waals surface area (Å²) in [5, 5.41) is 15.5. The van der Waals surface area contributed by atoms with Crippen molar-refractivity contribution in [3.05, 3.63) is 65.4 Å². The Balaban J connectivity index is 1.67. The molecule has 3 rings (SSSR count). The van der Waals surface area contributed by atoms with Crippen molar-refractivity contribution in [3.8, 4) is 5.75 Å². The molecule has 2 aromatic heterocycles. The first-order valence-electron chi connectivity index (χ1n) is 7.79. The van der Waals surface area contributed by atoms with Crippen molar-refractivity contribution >= 4 is 17.6 Å². The van der Waals surface area contributed by atoms with E-state index in [1.165, 1.54) is 24.0 Å². The number of anilines is 1. The van der Waals surface area contributed by atoms with Crippen LogP contribution in [0.5, 0.6) is 5.75 Å². The second-order valence-corrected chi connectivity index (χ2v) is 5.61. The first-order valence-corrected chi connectivity index (χ1v) is 7.79. The van der Waals surface area contributed by atoms with Crippen LogP contribution in [-0.2, 0) is 13.7 Å². The van der Waals surface area contributed by atoms with Gasteiger partial charge in [-0.25, -0.2) is 4.79 Å². The Morgan fingerprint density at radius 2 is 2.04 bits per heavy atom. The monoisotopic (exact) mass is 355 g/mol. The summed E-state index contributed by atoms with van der Waals surface area (Å²) in [7, 11) is 1.48. The summed E-state index contributed by atoms with van der Waals surface area (Å²) in [6.45, 7) is 2.11. The lowest BCUT2D eigenvalue weighted by Crippen LogP contribution is -2.15. The molecule has 0 aliphatic rings. The van der Waals surface area contributed by atoms with E-state index in [9.17, 15) is 14.7 Å². The smallest absolute Gasteiger partial charge is 0.356 e. The van der Waals surface area contributed by atoms with Crippen molar-refractivity contribution in [1.82, 2.24) is 9.78 Å². The quantitative estimate of drug-likeness (QED) is 0.704. The molecule has 2 N–H and O–H groups in total. The van der Waals surface area contributed by atoms with Crippen LogP contribution >= 0.6 is 0 Å². The summed E-state index contributed by atoms with van der Waals surface area (Å²) in [6.07, 6.45) is 1.27. The highest BCUT2D eigenvalue weighted by Crippen LogP contribution is 2.20. The third-order valence-corrected chi connectivity index (χ3v) is 3.74. The number of carboxylic acids is 1. The average molecular weight is 355 g/mol. The molecule has 0 bridgehead atoms. The number of furan rings is 1. The van der Waals surface area contributed by atoms with E-state index in [0.717, 1.165) is 11.3 Å². The van der Waals surface area contributed by atoms with Crippen LogP contribution in [0, 0.1) is 6.92 Å². The standard InChI is InChI=1S/C18H17N3O5/c1-11-5-3-4-6-14(11)25-10-12-7-8-15(26-12)17(22)20-13-9-19-21(2)16(13)18(23)24/h3-9H,10H2,1-2H3,(H,20,22)(H,23,24). The lowest BCUT2D eigenvalue weighted by molar-refractivity contribution is 0.0686. The van der Waals surface area contributed by atoms with Crippen molar-refractivity contribution in [2.45, 2.75) is 13.5 Å². The Morgan fingerprint density at radius 3 is 2.77 bits per heavy atom. The van der Waals surface area contributed by atoms with Crippen LogP contribution < -0.4 is 10.1 Å². The molecule has 1 amide bonds. The van der Waals surface area contributed by atoms with Crippen molar-refractivity contribution < 1.29 is 23.8 Å². The maximum absolute atomic E-state index is 12.3. The summed E-state index contributed by atoms with van der Waals surface area (Å²) in [5.41, 5.74) is 0.974. The van der Waals surface area contributed by atoms with Gasteiger partial charge in [-0.2, -0.15) is 5.10 Å². The molecule has 3 aromatic rings. The van der Waals surface area contributed by atoms with Crippen molar-refractivity contribution in [2.24, 2.45) is 7.05 Å². The number of carbonyl (C=O) groups is 2. The molecule has 26 heavy (non-hydrogen) atoms. The largest absolute Gasteiger partial charge is 0.485 e. The van der Waals surface area contributed by atoms with E-state index in [-0.39, 0.29) is 23.7 Å². The topological polar surface area (TPSA) is 107 Å². The Hall–Kier alpha value is -3.55. The number of para-hydroxylation sites is 1. The fraction of sp³-hybridized carbons (Fsp3) is 0.167. The second-order valence-electron chi connectivity index (χ2n) is 5.61. The molecule has 0 saturated heterocycles. The third-order valence-electron chi connectivity index (χ3n) is 3.74. The minimum absolute atomic E-state index is 0.0496. The van der Waals surface area contributed by atoms with E-state index in [2.05, 4.69) is 10.4 Å². The Bertz CT molecular complexity index is 957. The summed E-state index contributed by atoms with van der Waals surface area (Å²) >= 11 is 0. The van der Waals surface area contributed by atoms with Crippen LogP contribution in [0.4, 0.5) is 5.69 Å². The van der Waals surface area contributed by atoms with Crippen molar-refractivity contribution in [1.29, 1.82) is 0 Å².